The van der Waals surface area contributed by atoms with Crippen LogP contribution in [0.15, 0.2) is 6.07 Å². The van der Waals surface area contributed by atoms with Crippen LogP contribution in [0.3, 0.4) is 0 Å². The van der Waals surface area contributed by atoms with Gasteiger partial charge in [0.05, 0.1) is 13.2 Å². The largest absolute Gasteiger partial charge is 0.454 e. The molecule has 0 amide bonds. The van der Waals surface area contributed by atoms with Crippen LogP contribution in [-0.4, -0.2) is 19.9 Å². The third kappa shape index (κ3) is 1.52. The lowest BCUT2D eigenvalue weighted by Gasteiger charge is -2.24. The average Bonchev–Trinajstić information content (AvgIpc) is 3.09. The molecule has 3 aliphatic rings. The van der Waals surface area contributed by atoms with Gasteiger partial charge in [0.2, 0.25) is 6.79 Å². The summed E-state index contributed by atoms with van der Waals surface area (Å²) < 4.78 is 16.7. The molecule has 1 aromatic carbocycles. The molecule has 4 nitrogen and oxygen atoms in total. The van der Waals surface area contributed by atoms with E-state index < -0.39 is 0 Å². The Kier molecular flexibility index (Phi) is 2.45. The van der Waals surface area contributed by atoms with Gasteiger partial charge in [0.25, 0.3) is 0 Å². The molecule has 0 bridgehead atoms. The van der Waals surface area contributed by atoms with Crippen molar-refractivity contribution >= 4 is 0 Å². The number of nitrogens with one attached hydrogen (secondary N) is 1. The lowest BCUT2D eigenvalue weighted by Crippen LogP contribution is -2.19. The normalized spacial score (nSPS) is 25.2. The summed E-state index contributed by atoms with van der Waals surface area (Å²) in [6.45, 7) is 2.92. The monoisotopic (exact) mass is 247 g/mol. The van der Waals surface area contributed by atoms with Gasteiger partial charge in [-0.15, -0.1) is 0 Å². The maximum Gasteiger partial charge on any atom is 0.231 e. The fourth-order valence-electron chi connectivity index (χ4n) is 3.23. The van der Waals surface area contributed by atoms with Gasteiger partial charge >= 0.3 is 0 Å². The van der Waals surface area contributed by atoms with Crippen molar-refractivity contribution in [2.24, 2.45) is 0 Å². The van der Waals surface area contributed by atoms with Crippen molar-refractivity contribution in [1.29, 1.82) is 0 Å². The fourth-order valence-corrected chi connectivity index (χ4v) is 3.23. The van der Waals surface area contributed by atoms with E-state index in [2.05, 4.69) is 11.4 Å². The van der Waals surface area contributed by atoms with Crippen LogP contribution < -0.4 is 14.8 Å². The smallest absolute Gasteiger partial charge is 0.231 e. The second-order valence-corrected chi connectivity index (χ2v) is 5.11. The molecule has 4 rings (SSSR count). The Labute approximate surface area is 106 Å². The number of ether oxygens (including phenoxy) is 3. The summed E-state index contributed by atoms with van der Waals surface area (Å²) in [5.41, 5.74) is 4.03. The minimum Gasteiger partial charge on any atom is -0.454 e. The van der Waals surface area contributed by atoms with Crippen molar-refractivity contribution in [2.75, 3.05) is 19.9 Å². The predicted molar refractivity (Wildman–Crippen MR) is 65.9 cm³/mol. The van der Waals surface area contributed by atoms with E-state index >= 15 is 0 Å². The molecule has 0 aromatic heterocycles. The van der Waals surface area contributed by atoms with Gasteiger partial charge in [-0.05, 0) is 43.0 Å². The number of rotatable bonds is 1. The highest BCUT2D eigenvalue weighted by atomic mass is 16.7. The Morgan fingerprint density at radius 1 is 1.22 bits per heavy atom. The lowest BCUT2D eigenvalue weighted by molar-refractivity contribution is 0.106. The Balaban J connectivity index is 1.86. The van der Waals surface area contributed by atoms with Crippen LogP contribution in [-0.2, 0) is 17.8 Å². The third-order valence-electron chi connectivity index (χ3n) is 4.09. The zero-order chi connectivity index (χ0) is 11.9. The van der Waals surface area contributed by atoms with E-state index in [0.29, 0.717) is 19.4 Å². The van der Waals surface area contributed by atoms with E-state index in [9.17, 15) is 0 Å². The van der Waals surface area contributed by atoms with Gasteiger partial charge < -0.3 is 19.5 Å². The van der Waals surface area contributed by atoms with Crippen molar-refractivity contribution < 1.29 is 14.2 Å². The first-order chi connectivity index (χ1) is 8.93. The average molecular weight is 247 g/mol. The van der Waals surface area contributed by atoms with Crippen molar-refractivity contribution in [1.82, 2.24) is 5.32 Å². The summed E-state index contributed by atoms with van der Waals surface area (Å²) in [7, 11) is 0. The van der Waals surface area contributed by atoms with Gasteiger partial charge in [-0.1, -0.05) is 0 Å². The van der Waals surface area contributed by atoms with Crippen LogP contribution in [0.5, 0.6) is 11.5 Å². The maximum absolute atomic E-state index is 5.59. The van der Waals surface area contributed by atoms with Gasteiger partial charge in [0, 0.05) is 11.6 Å². The van der Waals surface area contributed by atoms with Crippen molar-refractivity contribution in [3.8, 4) is 11.5 Å². The first-order valence-electron chi connectivity index (χ1n) is 6.69. The second kappa shape index (κ2) is 4.14. The van der Waals surface area contributed by atoms with E-state index in [1.165, 1.54) is 29.5 Å². The van der Waals surface area contributed by atoms with Crippen molar-refractivity contribution in [3.05, 3.63) is 22.8 Å². The second-order valence-electron chi connectivity index (χ2n) is 5.11. The Morgan fingerprint density at radius 2 is 2.22 bits per heavy atom. The summed E-state index contributed by atoms with van der Waals surface area (Å²) in [4.78, 5) is 0. The Hall–Kier alpha value is -1.26. The number of hydrogen-bond donors (Lipinski definition) is 1. The molecule has 0 radical (unpaired) electrons. The Morgan fingerprint density at radius 3 is 3.11 bits per heavy atom. The third-order valence-corrected chi connectivity index (χ3v) is 4.09. The number of fused-ring (bicyclic) bond motifs is 3. The molecule has 1 saturated heterocycles. The van der Waals surface area contributed by atoms with E-state index in [1.54, 1.807) is 0 Å². The predicted octanol–water partition coefficient (Wildman–Crippen LogP) is 1.91. The molecule has 0 unspecified atom stereocenters. The summed E-state index contributed by atoms with van der Waals surface area (Å²) in [6.07, 6.45) is 3.46. The van der Waals surface area contributed by atoms with E-state index in [0.717, 1.165) is 31.1 Å². The molecule has 1 atom stereocenters. The van der Waals surface area contributed by atoms with Gasteiger partial charge in [0.15, 0.2) is 11.5 Å². The number of benzene rings is 1. The summed E-state index contributed by atoms with van der Waals surface area (Å²) in [6, 6.07) is 2.65. The molecule has 18 heavy (non-hydrogen) atoms. The first kappa shape index (κ1) is 10.6. The highest BCUT2D eigenvalue weighted by Gasteiger charge is 2.29. The van der Waals surface area contributed by atoms with Crippen LogP contribution in [0.2, 0.25) is 0 Å². The summed E-state index contributed by atoms with van der Waals surface area (Å²) in [5.74, 6) is 1.80. The minimum atomic E-state index is 0.337. The quantitative estimate of drug-likeness (QED) is 0.823. The minimum absolute atomic E-state index is 0.337. The van der Waals surface area contributed by atoms with Crippen LogP contribution >= 0.6 is 0 Å². The zero-order valence-electron chi connectivity index (χ0n) is 10.3. The highest BCUT2D eigenvalue weighted by molar-refractivity contribution is 5.57. The lowest BCUT2D eigenvalue weighted by atomic mass is 9.91. The molecule has 3 heterocycles. The van der Waals surface area contributed by atoms with Crippen LogP contribution in [0.1, 0.15) is 35.6 Å². The van der Waals surface area contributed by atoms with Gasteiger partial charge in [-0.3, -0.25) is 0 Å². The molecule has 1 aromatic rings. The van der Waals surface area contributed by atoms with Gasteiger partial charge in [-0.2, -0.15) is 0 Å². The van der Waals surface area contributed by atoms with Crippen LogP contribution in [0.25, 0.3) is 0 Å². The summed E-state index contributed by atoms with van der Waals surface area (Å²) in [5, 5.41) is 3.58. The Bertz CT molecular complexity index is 480. The van der Waals surface area contributed by atoms with Crippen LogP contribution in [0.4, 0.5) is 0 Å². The van der Waals surface area contributed by atoms with Crippen molar-refractivity contribution in [3.63, 3.8) is 0 Å². The van der Waals surface area contributed by atoms with Gasteiger partial charge in [0.1, 0.15) is 0 Å². The molecule has 0 spiro atoms. The van der Waals surface area contributed by atoms with E-state index in [-0.39, 0.29) is 0 Å². The summed E-state index contributed by atoms with van der Waals surface area (Å²) >= 11 is 0. The molecule has 1 fully saturated rings. The molecule has 3 aliphatic heterocycles. The fraction of sp³-hybridized carbons (Fsp3) is 0.571. The van der Waals surface area contributed by atoms with E-state index in [1.807, 2.05) is 0 Å². The van der Waals surface area contributed by atoms with Gasteiger partial charge in [-0.25, -0.2) is 0 Å². The number of hydrogen-bond acceptors (Lipinski definition) is 4. The molecule has 0 saturated carbocycles. The maximum atomic E-state index is 5.59. The molecular weight excluding hydrogens is 230 g/mol. The standard InChI is InChI=1S/C14H17NO3/c1-2-12(15-4-1)10-6-13-14(18-8-17-13)11-7-16-5-3-9(10)11/h6,12,15H,1-5,7-8H2/t12-/m0/s1. The molecular formula is C14H17NO3. The van der Waals surface area contributed by atoms with Crippen molar-refractivity contribution in [2.45, 2.75) is 31.9 Å². The molecule has 96 valence electrons. The molecule has 4 heteroatoms. The molecule has 1 N–H and O–H groups in total. The SMILES string of the molecule is c1c2c(c3c(c1[C@@H]1CCCN1)CCOC3)OCO2. The van der Waals surface area contributed by atoms with Crippen LogP contribution in [0, 0.1) is 0 Å². The molecule has 0 aliphatic carbocycles. The topological polar surface area (TPSA) is 39.7 Å². The first-order valence-corrected chi connectivity index (χ1v) is 6.69. The zero-order valence-corrected chi connectivity index (χ0v) is 10.3. The van der Waals surface area contributed by atoms with E-state index in [4.69, 9.17) is 14.2 Å². The highest BCUT2D eigenvalue weighted by Crippen LogP contribution is 2.44.